The van der Waals surface area contributed by atoms with Crippen LogP contribution < -0.4 is 4.90 Å². The standard InChI is InChI=1S/C47H30N4/c1-4-13-31(14-5-1)45-44-42(51(35-17-6-2-7-18-35)36-19-8-3-9-20-36)30-33-15-10-11-21-38(33)43(44)40-29-34(23-25-41(40)50-45)37-26-28-49-47-39(37)24-22-32-16-12-27-48-46(32)47/h1-30H. The Bertz CT molecular complexity index is 2870. The quantitative estimate of drug-likeness (QED) is 0.174. The van der Waals surface area contributed by atoms with Crippen LogP contribution in [0.1, 0.15) is 0 Å². The van der Waals surface area contributed by atoms with Crippen LogP contribution in [-0.2, 0) is 0 Å². The summed E-state index contributed by atoms with van der Waals surface area (Å²) < 4.78 is 0. The van der Waals surface area contributed by atoms with Crippen LogP contribution in [0, 0.1) is 0 Å². The van der Waals surface area contributed by atoms with Crippen LogP contribution in [0.15, 0.2) is 182 Å². The van der Waals surface area contributed by atoms with Gasteiger partial charge in [0, 0.05) is 56.3 Å². The number of para-hydroxylation sites is 2. The van der Waals surface area contributed by atoms with Crippen molar-refractivity contribution in [1.82, 2.24) is 15.0 Å². The molecule has 0 aliphatic rings. The summed E-state index contributed by atoms with van der Waals surface area (Å²) in [4.78, 5) is 17.4. The molecule has 0 atom stereocenters. The van der Waals surface area contributed by atoms with E-state index in [1.807, 2.05) is 18.5 Å². The number of hydrogen-bond acceptors (Lipinski definition) is 4. The van der Waals surface area contributed by atoms with Gasteiger partial charge in [-0.1, -0.05) is 115 Å². The average Bonchev–Trinajstić information content (AvgIpc) is 3.21. The molecule has 51 heavy (non-hydrogen) atoms. The fraction of sp³-hybridized carbons (Fsp3) is 0. The molecule has 0 N–H and O–H groups in total. The van der Waals surface area contributed by atoms with Gasteiger partial charge in [-0.05, 0) is 76.5 Å². The average molecular weight is 651 g/mol. The predicted octanol–water partition coefficient (Wildman–Crippen LogP) is 12.4. The molecular formula is C47H30N4. The van der Waals surface area contributed by atoms with Crippen LogP contribution in [0.2, 0.25) is 0 Å². The molecule has 4 nitrogen and oxygen atoms in total. The van der Waals surface area contributed by atoms with Gasteiger partial charge in [0.2, 0.25) is 0 Å². The van der Waals surface area contributed by atoms with Crippen molar-refractivity contribution in [2.45, 2.75) is 0 Å². The maximum Gasteiger partial charge on any atom is 0.0970 e. The van der Waals surface area contributed by atoms with E-state index in [1.54, 1.807) is 0 Å². The fourth-order valence-electron chi connectivity index (χ4n) is 7.60. The van der Waals surface area contributed by atoms with Crippen LogP contribution in [0.4, 0.5) is 17.1 Å². The van der Waals surface area contributed by atoms with E-state index < -0.39 is 0 Å². The molecule has 0 unspecified atom stereocenters. The second-order valence-corrected chi connectivity index (χ2v) is 12.8. The van der Waals surface area contributed by atoms with Crippen LogP contribution >= 0.6 is 0 Å². The first-order valence-electron chi connectivity index (χ1n) is 17.2. The van der Waals surface area contributed by atoms with Gasteiger partial charge in [0.05, 0.1) is 27.9 Å². The molecule has 238 valence electrons. The number of aromatic nitrogens is 3. The molecule has 4 heteroatoms. The highest BCUT2D eigenvalue weighted by Gasteiger charge is 2.23. The Morgan fingerprint density at radius 1 is 0.412 bits per heavy atom. The highest BCUT2D eigenvalue weighted by Crippen LogP contribution is 2.47. The summed E-state index contributed by atoms with van der Waals surface area (Å²) in [5, 5.41) is 7.89. The van der Waals surface area contributed by atoms with Gasteiger partial charge in [-0.3, -0.25) is 9.97 Å². The minimum absolute atomic E-state index is 0.905. The smallest absolute Gasteiger partial charge is 0.0970 e. The Morgan fingerprint density at radius 3 is 1.88 bits per heavy atom. The van der Waals surface area contributed by atoms with Crippen molar-refractivity contribution in [3.8, 4) is 22.4 Å². The highest BCUT2D eigenvalue weighted by molar-refractivity contribution is 6.27. The topological polar surface area (TPSA) is 41.9 Å². The van der Waals surface area contributed by atoms with Gasteiger partial charge in [-0.25, -0.2) is 4.98 Å². The molecule has 0 amide bonds. The lowest BCUT2D eigenvalue weighted by molar-refractivity contribution is 1.30. The number of benzene rings is 7. The third-order valence-electron chi connectivity index (χ3n) is 9.87. The molecule has 10 rings (SSSR count). The van der Waals surface area contributed by atoms with E-state index in [4.69, 9.17) is 15.0 Å². The molecule has 7 aromatic carbocycles. The number of hydrogen-bond donors (Lipinski definition) is 0. The van der Waals surface area contributed by atoms with Crippen molar-refractivity contribution in [2.75, 3.05) is 4.90 Å². The first-order chi connectivity index (χ1) is 25.3. The first-order valence-corrected chi connectivity index (χ1v) is 17.2. The summed E-state index contributed by atoms with van der Waals surface area (Å²) >= 11 is 0. The SMILES string of the molecule is c1ccc(-c2nc3ccc(-c4ccnc5c4ccc4cccnc45)cc3c3c2c(N(c2ccccc2)c2ccccc2)cc2ccccc23)cc1. The molecule has 0 bridgehead atoms. The number of fused-ring (bicyclic) bond motifs is 8. The van der Waals surface area contributed by atoms with Crippen LogP contribution in [0.3, 0.4) is 0 Å². The molecule has 10 aromatic rings. The second kappa shape index (κ2) is 11.9. The lowest BCUT2D eigenvalue weighted by Crippen LogP contribution is -2.11. The van der Waals surface area contributed by atoms with E-state index in [0.717, 1.165) is 77.5 Å². The first kappa shape index (κ1) is 29.0. The summed E-state index contributed by atoms with van der Waals surface area (Å²) in [7, 11) is 0. The monoisotopic (exact) mass is 650 g/mol. The number of anilines is 3. The summed E-state index contributed by atoms with van der Waals surface area (Å²) in [6.07, 6.45) is 3.74. The molecule has 3 heterocycles. The number of rotatable bonds is 5. The third-order valence-corrected chi connectivity index (χ3v) is 9.87. The lowest BCUT2D eigenvalue weighted by atomic mass is 9.91. The van der Waals surface area contributed by atoms with Crippen molar-refractivity contribution in [3.05, 3.63) is 182 Å². The van der Waals surface area contributed by atoms with Gasteiger partial charge >= 0.3 is 0 Å². The van der Waals surface area contributed by atoms with Gasteiger partial charge in [0.1, 0.15) is 0 Å². The normalized spacial score (nSPS) is 11.5. The van der Waals surface area contributed by atoms with Gasteiger partial charge in [0.15, 0.2) is 0 Å². The highest BCUT2D eigenvalue weighted by atomic mass is 15.1. The Kier molecular flexibility index (Phi) is 6.78. The van der Waals surface area contributed by atoms with Gasteiger partial charge < -0.3 is 4.90 Å². The Hall–Kier alpha value is -6.91. The van der Waals surface area contributed by atoms with Crippen molar-refractivity contribution < 1.29 is 0 Å². The molecule has 3 aromatic heterocycles. The lowest BCUT2D eigenvalue weighted by Gasteiger charge is -2.28. The van der Waals surface area contributed by atoms with E-state index in [2.05, 4.69) is 169 Å². The zero-order chi connectivity index (χ0) is 33.7. The largest absolute Gasteiger partial charge is 0.310 e. The van der Waals surface area contributed by atoms with Gasteiger partial charge in [-0.15, -0.1) is 0 Å². The second-order valence-electron chi connectivity index (χ2n) is 12.8. The molecule has 0 fully saturated rings. The van der Waals surface area contributed by atoms with Crippen LogP contribution in [0.5, 0.6) is 0 Å². The zero-order valence-corrected chi connectivity index (χ0v) is 27.6. The summed E-state index contributed by atoms with van der Waals surface area (Å²) in [6.45, 7) is 0. The Balaban J connectivity index is 1.35. The maximum atomic E-state index is 5.50. The molecule has 0 spiro atoms. The third kappa shape index (κ3) is 4.80. The Labute approximate surface area is 294 Å². The van der Waals surface area contributed by atoms with Crippen molar-refractivity contribution in [2.24, 2.45) is 0 Å². The summed E-state index contributed by atoms with van der Waals surface area (Å²) in [5.74, 6) is 0. The van der Waals surface area contributed by atoms with Crippen molar-refractivity contribution >= 4 is 71.3 Å². The van der Waals surface area contributed by atoms with E-state index in [0.29, 0.717) is 0 Å². The molecule has 0 aliphatic carbocycles. The van der Waals surface area contributed by atoms with Crippen LogP contribution in [-0.4, -0.2) is 15.0 Å². The summed E-state index contributed by atoms with van der Waals surface area (Å²) in [5.41, 5.74) is 10.3. The molecule has 0 aliphatic heterocycles. The minimum Gasteiger partial charge on any atom is -0.310 e. The van der Waals surface area contributed by atoms with E-state index in [-0.39, 0.29) is 0 Å². The summed E-state index contributed by atoms with van der Waals surface area (Å²) in [6, 6.07) is 60.1. The van der Waals surface area contributed by atoms with E-state index in [1.165, 1.54) is 16.2 Å². The van der Waals surface area contributed by atoms with Gasteiger partial charge in [-0.2, -0.15) is 0 Å². The fourth-order valence-corrected chi connectivity index (χ4v) is 7.60. The van der Waals surface area contributed by atoms with Crippen molar-refractivity contribution in [1.29, 1.82) is 0 Å². The molecular weight excluding hydrogens is 621 g/mol. The molecule has 0 saturated carbocycles. The molecule has 0 radical (unpaired) electrons. The van der Waals surface area contributed by atoms with Gasteiger partial charge in [0.25, 0.3) is 0 Å². The number of pyridine rings is 3. The van der Waals surface area contributed by atoms with E-state index in [9.17, 15) is 0 Å². The maximum absolute atomic E-state index is 5.50. The zero-order valence-electron chi connectivity index (χ0n) is 27.6. The van der Waals surface area contributed by atoms with E-state index >= 15 is 0 Å². The Morgan fingerprint density at radius 2 is 1.10 bits per heavy atom. The van der Waals surface area contributed by atoms with Crippen molar-refractivity contribution in [3.63, 3.8) is 0 Å². The predicted molar refractivity (Wildman–Crippen MR) is 213 cm³/mol. The van der Waals surface area contributed by atoms with Crippen LogP contribution in [0.25, 0.3) is 76.6 Å². The number of nitrogens with zero attached hydrogens (tertiary/aromatic N) is 4. The minimum atomic E-state index is 0.905. The molecule has 0 saturated heterocycles.